The molecule has 12 heavy (non-hydrogen) atoms. The van der Waals surface area contributed by atoms with E-state index in [4.69, 9.17) is 4.43 Å². The molecule has 1 aliphatic rings. The molecule has 62 valence electrons. The van der Waals surface area contributed by atoms with Crippen molar-refractivity contribution in [2.45, 2.75) is 27.2 Å². The number of rotatable bonds is 3. The molecule has 0 aromatic carbocycles. The molecule has 0 heterocycles. The number of hydrogen-bond acceptors (Lipinski definition) is 1. The quantitative estimate of drug-likeness (QED) is 0.405. The fraction of sp³-hybridized carbons (Fsp3) is 0.556. The Hall–Kier alpha value is 1.29. The van der Waals surface area contributed by atoms with Crippen molar-refractivity contribution in [2.24, 2.45) is 0 Å². The minimum absolute atomic E-state index is 0. The molecule has 0 unspecified atom stereocenters. The normalized spacial score (nSPS) is 17.1. The summed E-state index contributed by atoms with van der Waals surface area (Å²) in [7, 11) is -0.444. The minimum Gasteiger partial charge on any atom is -0.422 e. The predicted molar refractivity (Wildman–Crippen MR) is 49.9 cm³/mol. The molecule has 1 aliphatic carbocycles. The summed E-state index contributed by atoms with van der Waals surface area (Å²) in [6, 6.07) is 0. The molecule has 0 aliphatic heterocycles. The third kappa shape index (κ3) is 3.58. The van der Waals surface area contributed by atoms with Crippen LogP contribution in [0, 0.1) is 6.08 Å². The first-order valence-electron chi connectivity index (χ1n) is 4.10. The average molecular weight is 206 g/mol. The Morgan fingerprint density at radius 2 is 2.17 bits per heavy atom. The Kier molecular flexibility index (Phi) is 7.43. The van der Waals surface area contributed by atoms with Crippen LogP contribution in [0.15, 0.2) is 16.3 Å². The van der Waals surface area contributed by atoms with Gasteiger partial charge in [0, 0.05) is 6.61 Å². The second-order valence-corrected chi connectivity index (χ2v) is 4.28. The molecular weight excluding hydrogens is 191 g/mol. The number of hydrogen-bond donors (Lipinski definition) is 0. The zero-order valence-corrected chi connectivity index (χ0v) is 13.1. The molecule has 0 radical (unpaired) electrons. The van der Waals surface area contributed by atoms with Crippen LogP contribution < -0.4 is 51.4 Å². The number of allylic oxidation sites excluding steroid dienone is 4. The summed E-state index contributed by atoms with van der Waals surface area (Å²) in [5.41, 5.74) is 2.90. The van der Waals surface area contributed by atoms with Gasteiger partial charge in [0.15, 0.2) is 9.76 Å². The van der Waals surface area contributed by atoms with Crippen molar-refractivity contribution in [1.29, 1.82) is 0 Å². The van der Waals surface area contributed by atoms with Crippen LogP contribution in [0.4, 0.5) is 0 Å². The van der Waals surface area contributed by atoms with Gasteiger partial charge in [-0.3, -0.25) is 6.08 Å². The van der Waals surface area contributed by atoms with Crippen molar-refractivity contribution in [3.05, 3.63) is 22.4 Å². The van der Waals surface area contributed by atoms with Gasteiger partial charge in [0.05, 0.1) is 0 Å². The van der Waals surface area contributed by atoms with E-state index in [1.807, 2.05) is 0 Å². The molecule has 0 spiro atoms. The summed E-state index contributed by atoms with van der Waals surface area (Å²) < 4.78 is 5.44. The third-order valence-corrected chi connectivity index (χ3v) is 3.79. The van der Waals surface area contributed by atoms with E-state index in [-0.39, 0.29) is 51.4 Å². The molecule has 0 atom stereocenters. The SMILES string of the molecule is CCO[SiH2]C1=[C-]CC(C)=C1C.[K+]. The summed E-state index contributed by atoms with van der Waals surface area (Å²) >= 11 is 0. The third-order valence-electron chi connectivity index (χ3n) is 2.11. The van der Waals surface area contributed by atoms with Crippen molar-refractivity contribution in [3.63, 3.8) is 0 Å². The summed E-state index contributed by atoms with van der Waals surface area (Å²) in [5.74, 6) is 0. The van der Waals surface area contributed by atoms with Gasteiger partial charge in [-0.25, -0.2) is 10.8 Å². The fourth-order valence-corrected chi connectivity index (χ4v) is 2.28. The van der Waals surface area contributed by atoms with Crippen LogP contribution >= 0.6 is 0 Å². The Morgan fingerprint density at radius 3 is 2.58 bits per heavy atom. The van der Waals surface area contributed by atoms with Crippen LogP contribution in [0.3, 0.4) is 0 Å². The van der Waals surface area contributed by atoms with Crippen LogP contribution in [0.25, 0.3) is 0 Å². The Morgan fingerprint density at radius 1 is 1.50 bits per heavy atom. The molecule has 0 saturated carbocycles. The van der Waals surface area contributed by atoms with Gasteiger partial charge < -0.3 is 4.43 Å². The van der Waals surface area contributed by atoms with E-state index in [0.717, 1.165) is 13.0 Å². The van der Waals surface area contributed by atoms with E-state index in [1.54, 1.807) is 0 Å². The van der Waals surface area contributed by atoms with Gasteiger partial charge in [-0.1, -0.05) is 6.92 Å². The van der Waals surface area contributed by atoms with Crippen LogP contribution in [0.5, 0.6) is 0 Å². The topological polar surface area (TPSA) is 9.23 Å². The van der Waals surface area contributed by atoms with Gasteiger partial charge in [0.25, 0.3) is 0 Å². The van der Waals surface area contributed by atoms with Gasteiger partial charge in [-0.15, -0.1) is 13.3 Å². The van der Waals surface area contributed by atoms with Crippen molar-refractivity contribution in [1.82, 2.24) is 0 Å². The van der Waals surface area contributed by atoms with E-state index >= 15 is 0 Å². The molecule has 0 amide bonds. The molecule has 0 saturated heterocycles. The fourth-order valence-electron chi connectivity index (χ4n) is 1.13. The molecule has 0 fully saturated rings. The zero-order chi connectivity index (χ0) is 8.27. The summed E-state index contributed by atoms with van der Waals surface area (Å²) in [4.78, 5) is 0. The van der Waals surface area contributed by atoms with Gasteiger partial charge in [0.2, 0.25) is 0 Å². The maximum absolute atomic E-state index is 5.44. The summed E-state index contributed by atoms with van der Waals surface area (Å²) in [6.45, 7) is 7.25. The molecule has 3 heteroatoms. The van der Waals surface area contributed by atoms with Crippen molar-refractivity contribution in [3.8, 4) is 0 Å². The maximum atomic E-state index is 5.44. The predicted octanol–water partition coefficient (Wildman–Crippen LogP) is -1.46. The smallest absolute Gasteiger partial charge is 0.422 e. The molecule has 0 bridgehead atoms. The summed E-state index contributed by atoms with van der Waals surface area (Å²) in [5, 5.41) is 1.39. The van der Waals surface area contributed by atoms with E-state index < -0.39 is 9.76 Å². The van der Waals surface area contributed by atoms with Gasteiger partial charge >= 0.3 is 51.4 Å². The summed E-state index contributed by atoms with van der Waals surface area (Å²) in [6.07, 6.45) is 4.40. The maximum Gasteiger partial charge on any atom is 1.00 e. The van der Waals surface area contributed by atoms with E-state index in [2.05, 4.69) is 26.8 Å². The van der Waals surface area contributed by atoms with E-state index in [1.165, 1.54) is 16.3 Å². The van der Waals surface area contributed by atoms with Crippen LogP contribution in [-0.4, -0.2) is 16.4 Å². The monoisotopic (exact) mass is 206 g/mol. The van der Waals surface area contributed by atoms with Crippen molar-refractivity contribution in [2.75, 3.05) is 6.61 Å². The first kappa shape index (κ1) is 13.3. The molecular formula is C9H15KOSi. The molecule has 0 N–H and O–H groups in total. The first-order valence-corrected chi connectivity index (χ1v) is 5.38. The van der Waals surface area contributed by atoms with Crippen LogP contribution in [0.2, 0.25) is 0 Å². The second kappa shape index (κ2) is 6.70. The Balaban J connectivity index is 0.00000121. The Labute approximate surface area is 120 Å². The zero-order valence-electron chi connectivity index (χ0n) is 8.53. The molecule has 0 aromatic rings. The van der Waals surface area contributed by atoms with E-state index in [0.29, 0.717) is 0 Å². The Bertz CT molecular complexity index is 209. The van der Waals surface area contributed by atoms with Gasteiger partial charge in [0.1, 0.15) is 0 Å². The molecule has 1 nitrogen and oxygen atoms in total. The largest absolute Gasteiger partial charge is 1.00 e. The standard InChI is InChI=1S/C9H15OSi.K/c1-4-10-11-9-6-5-7(2)8(9)3;/h4-5,11H2,1-3H3;/q-1;+1. The van der Waals surface area contributed by atoms with Gasteiger partial charge in [-0.05, 0) is 6.92 Å². The van der Waals surface area contributed by atoms with Crippen LogP contribution in [-0.2, 0) is 4.43 Å². The second-order valence-electron chi connectivity index (χ2n) is 2.87. The van der Waals surface area contributed by atoms with Crippen LogP contribution in [0.1, 0.15) is 27.2 Å². The van der Waals surface area contributed by atoms with E-state index in [9.17, 15) is 0 Å². The van der Waals surface area contributed by atoms with Crippen molar-refractivity contribution >= 4 is 9.76 Å². The molecule has 0 aromatic heterocycles. The minimum atomic E-state index is -0.444. The van der Waals surface area contributed by atoms with Crippen molar-refractivity contribution < 1.29 is 55.8 Å². The average Bonchev–Trinajstić information content (AvgIpc) is 2.31. The van der Waals surface area contributed by atoms with Gasteiger partial charge in [-0.2, -0.15) is 5.57 Å². The first-order chi connectivity index (χ1) is 5.25. The molecule has 1 rings (SSSR count).